The van der Waals surface area contributed by atoms with Gasteiger partial charge < -0.3 is 0 Å². The van der Waals surface area contributed by atoms with Crippen molar-refractivity contribution in [2.45, 2.75) is 25.7 Å². The zero-order valence-corrected chi connectivity index (χ0v) is 15.8. The zero-order valence-electron chi connectivity index (χ0n) is 15.8. The molecule has 0 aliphatic rings. The van der Waals surface area contributed by atoms with Gasteiger partial charge in [0.15, 0.2) is 5.69 Å². The summed E-state index contributed by atoms with van der Waals surface area (Å²) in [7, 11) is 1.48. The maximum Gasteiger partial charge on any atom is 0.290 e. The monoisotopic (exact) mass is 378 g/mol. The summed E-state index contributed by atoms with van der Waals surface area (Å²) in [5, 5.41) is 4.89. The van der Waals surface area contributed by atoms with Crippen molar-refractivity contribution in [1.29, 1.82) is 0 Å². The van der Waals surface area contributed by atoms with Gasteiger partial charge in [-0.3, -0.25) is 25.2 Å². The summed E-state index contributed by atoms with van der Waals surface area (Å²) in [6.45, 7) is 2.00. The lowest BCUT2D eigenvalue weighted by molar-refractivity contribution is -0.123. The molecular weight excluding hydrogens is 356 g/mol. The van der Waals surface area contributed by atoms with Gasteiger partial charge in [-0.2, -0.15) is 5.10 Å². The molecule has 0 fully saturated rings. The van der Waals surface area contributed by atoms with Crippen molar-refractivity contribution in [2.24, 2.45) is 7.05 Å². The fraction of sp³-hybridized carbons (Fsp3) is 0.238. The number of benzene rings is 2. The smallest absolute Gasteiger partial charge is 0.273 e. The normalized spacial score (nSPS) is 11.8. The molecule has 2 amide bonds. The Balaban J connectivity index is 1.80. The summed E-state index contributed by atoms with van der Waals surface area (Å²) in [5.41, 5.74) is 5.60. The third-order valence-corrected chi connectivity index (χ3v) is 4.57. The van der Waals surface area contributed by atoms with Gasteiger partial charge >= 0.3 is 0 Å². The van der Waals surface area contributed by atoms with Crippen LogP contribution >= 0.6 is 0 Å². The number of carbonyl (C=O) groups is 2. The van der Waals surface area contributed by atoms with E-state index in [2.05, 4.69) is 16.0 Å². The third-order valence-electron chi connectivity index (χ3n) is 4.57. The average molecular weight is 378 g/mol. The Hall–Kier alpha value is -3.48. The predicted molar refractivity (Wildman–Crippen MR) is 107 cm³/mol. The van der Waals surface area contributed by atoms with Crippen LogP contribution in [-0.4, -0.2) is 21.6 Å². The van der Waals surface area contributed by atoms with Crippen LogP contribution in [-0.2, 0) is 11.8 Å². The van der Waals surface area contributed by atoms with E-state index in [0.717, 1.165) is 16.7 Å². The van der Waals surface area contributed by atoms with Crippen molar-refractivity contribution in [3.8, 4) is 0 Å². The lowest BCUT2D eigenvalue weighted by atomic mass is 9.94. The second kappa shape index (κ2) is 8.47. The van der Waals surface area contributed by atoms with Gasteiger partial charge in [0, 0.05) is 12.4 Å². The van der Waals surface area contributed by atoms with Crippen LogP contribution in [0.25, 0.3) is 10.8 Å². The van der Waals surface area contributed by atoms with Crippen LogP contribution in [0.2, 0.25) is 0 Å². The Morgan fingerprint density at radius 1 is 1.00 bits per heavy atom. The van der Waals surface area contributed by atoms with E-state index in [9.17, 15) is 14.4 Å². The molecule has 1 aromatic heterocycles. The van der Waals surface area contributed by atoms with E-state index in [1.54, 1.807) is 24.3 Å². The molecule has 1 atom stereocenters. The lowest BCUT2D eigenvalue weighted by Gasteiger charge is -2.17. The highest BCUT2D eigenvalue weighted by Gasteiger charge is 2.21. The minimum absolute atomic E-state index is 0.0738. The van der Waals surface area contributed by atoms with E-state index in [4.69, 9.17) is 0 Å². The molecule has 28 heavy (non-hydrogen) atoms. The molecule has 0 saturated heterocycles. The van der Waals surface area contributed by atoms with Crippen molar-refractivity contribution in [2.75, 3.05) is 0 Å². The molecule has 0 saturated carbocycles. The van der Waals surface area contributed by atoms with Gasteiger partial charge in [0.1, 0.15) is 0 Å². The summed E-state index contributed by atoms with van der Waals surface area (Å²) in [6.07, 6.45) is 1.49. The summed E-state index contributed by atoms with van der Waals surface area (Å²) >= 11 is 0. The highest BCUT2D eigenvalue weighted by molar-refractivity contribution is 6.05. The van der Waals surface area contributed by atoms with Crippen molar-refractivity contribution < 1.29 is 9.59 Å². The first-order valence-corrected chi connectivity index (χ1v) is 9.14. The molecule has 3 rings (SSSR count). The van der Waals surface area contributed by atoms with Crippen molar-refractivity contribution >= 4 is 22.6 Å². The number of hydrogen-bond acceptors (Lipinski definition) is 4. The summed E-state index contributed by atoms with van der Waals surface area (Å²) < 4.78 is 1.11. The van der Waals surface area contributed by atoms with Crippen molar-refractivity contribution in [3.63, 3.8) is 0 Å². The van der Waals surface area contributed by atoms with E-state index < -0.39 is 5.91 Å². The molecular formula is C21H22N4O3. The van der Waals surface area contributed by atoms with Gasteiger partial charge in [-0.15, -0.1) is 0 Å². The van der Waals surface area contributed by atoms with Crippen LogP contribution in [0.5, 0.6) is 0 Å². The highest BCUT2D eigenvalue weighted by Crippen LogP contribution is 2.21. The molecule has 0 spiro atoms. The summed E-state index contributed by atoms with van der Waals surface area (Å²) in [6, 6.07) is 16.2. The van der Waals surface area contributed by atoms with Crippen LogP contribution in [0.1, 0.15) is 41.7 Å². The lowest BCUT2D eigenvalue weighted by Crippen LogP contribution is -2.44. The molecule has 0 aliphatic carbocycles. The Morgan fingerprint density at radius 2 is 1.64 bits per heavy atom. The molecule has 2 aromatic carbocycles. The molecule has 1 heterocycles. The first-order chi connectivity index (χ1) is 13.5. The number of aryl methyl sites for hydroxylation is 1. The van der Waals surface area contributed by atoms with E-state index in [0.29, 0.717) is 17.2 Å². The number of hydrogen-bond donors (Lipinski definition) is 2. The van der Waals surface area contributed by atoms with Gasteiger partial charge in [0.05, 0.1) is 11.3 Å². The molecule has 0 aliphatic heterocycles. The van der Waals surface area contributed by atoms with Gasteiger partial charge in [0.2, 0.25) is 5.91 Å². The standard InChI is InChI=1S/C21H22N4O3/c1-3-9-15(14-10-5-4-6-11-14)19(26)22-23-20(27)18-16-12-7-8-13-17(16)21(28)25(2)24-18/h4-8,10-13,15H,3,9H2,1-2H3,(H,22,26)(H,23,27)/t15-/m0/s1. The fourth-order valence-corrected chi connectivity index (χ4v) is 3.16. The molecule has 7 nitrogen and oxygen atoms in total. The number of rotatable bonds is 5. The first-order valence-electron chi connectivity index (χ1n) is 9.14. The van der Waals surface area contributed by atoms with Gasteiger partial charge in [0.25, 0.3) is 11.5 Å². The fourth-order valence-electron chi connectivity index (χ4n) is 3.16. The molecule has 0 radical (unpaired) electrons. The van der Waals surface area contributed by atoms with Gasteiger partial charge in [-0.05, 0) is 18.1 Å². The number of carbonyl (C=O) groups excluding carboxylic acids is 2. The van der Waals surface area contributed by atoms with E-state index >= 15 is 0 Å². The zero-order chi connectivity index (χ0) is 20.1. The molecule has 7 heteroatoms. The Kier molecular flexibility index (Phi) is 5.84. The predicted octanol–water partition coefficient (Wildman–Crippen LogP) is 2.28. The number of nitrogens with one attached hydrogen (secondary N) is 2. The maximum absolute atomic E-state index is 12.7. The van der Waals surface area contributed by atoms with Crippen LogP contribution < -0.4 is 16.4 Å². The largest absolute Gasteiger partial charge is 0.290 e. The van der Waals surface area contributed by atoms with Crippen molar-refractivity contribution in [1.82, 2.24) is 20.6 Å². The second-order valence-corrected chi connectivity index (χ2v) is 6.52. The number of amides is 2. The van der Waals surface area contributed by atoms with Crippen LogP contribution in [0, 0.1) is 0 Å². The highest BCUT2D eigenvalue weighted by atomic mass is 16.2. The van der Waals surface area contributed by atoms with Crippen molar-refractivity contribution in [3.05, 3.63) is 76.2 Å². The Bertz CT molecular complexity index is 1060. The SMILES string of the molecule is CCC[C@H](C(=O)NNC(=O)c1nn(C)c(=O)c2ccccc12)c1ccccc1. The minimum Gasteiger partial charge on any atom is -0.273 e. The van der Waals surface area contributed by atoms with Crippen LogP contribution in [0.15, 0.2) is 59.4 Å². The summed E-state index contributed by atoms with van der Waals surface area (Å²) in [4.78, 5) is 37.5. The minimum atomic E-state index is -0.580. The van der Waals surface area contributed by atoms with E-state index in [1.165, 1.54) is 7.05 Å². The molecule has 0 unspecified atom stereocenters. The first kappa shape index (κ1) is 19.3. The van der Waals surface area contributed by atoms with Gasteiger partial charge in [-0.25, -0.2) is 4.68 Å². The maximum atomic E-state index is 12.7. The number of hydrazine groups is 1. The average Bonchev–Trinajstić information content (AvgIpc) is 2.73. The van der Waals surface area contributed by atoms with Gasteiger partial charge in [-0.1, -0.05) is 61.9 Å². The molecule has 0 bridgehead atoms. The summed E-state index contributed by atoms with van der Waals surface area (Å²) in [5.74, 6) is -1.24. The number of nitrogens with zero attached hydrogens (tertiary/aromatic N) is 2. The molecule has 144 valence electrons. The third kappa shape index (κ3) is 3.93. The van der Waals surface area contributed by atoms with Crippen LogP contribution in [0.3, 0.4) is 0 Å². The molecule has 2 N–H and O–H groups in total. The van der Waals surface area contributed by atoms with E-state index in [-0.39, 0.29) is 23.1 Å². The number of aromatic nitrogens is 2. The second-order valence-electron chi connectivity index (χ2n) is 6.52. The van der Waals surface area contributed by atoms with Crippen LogP contribution in [0.4, 0.5) is 0 Å². The Morgan fingerprint density at radius 3 is 2.32 bits per heavy atom. The Labute approximate surface area is 162 Å². The van der Waals surface area contributed by atoms with E-state index in [1.807, 2.05) is 37.3 Å². The topological polar surface area (TPSA) is 93.1 Å². The molecule has 3 aromatic rings. The number of fused-ring (bicyclic) bond motifs is 1. The quantitative estimate of drug-likeness (QED) is 0.666.